The molecule has 0 saturated carbocycles. The number of nitrogens with zero attached hydrogens (tertiary/aromatic N) is 3. The lowest BCUT2D eigenvalue weighted by Crippen LogP contribution is -2.52. The van der Waals surface area contributed by atoms with Crippen LogP contribution < -0.4 is 10.2 Å². The Balaban J connectivity index is 1.93. The number of halogens is 1. The maximum atomic E-state index is 11.2. The highest BCUT2D eigenvalue weighted by atomic mass is 35.5. The molecule has 0 aliphatic carbocycles. The van der Waals surface area contributed by atoms with Gasteiger partial charge in [-0.25, -0.2) is 0 Å². The average molecular weight is 353 g/mol. The Morgan fingerprint density at radius 2 is 2.00 bits per heavy atom. The summed E-state index contributed by atoms with van der Waals surface area (Å²) in [6.07, 6.45) is 0.297. The number of carbonyl (C=O) groups is 1. The Morgan fingerprint density at radius 1 is 1.29 bits per heavy atom. The van der Waals surface area contributed by atoms with Crippen LogP contribution in [0.3, 0.4) is 0 Å². The third-order valence-electron chi connectivity index (χ3n) is 3.91. The van der Waals surface area contributed by atoms with Gasteiger partial charge in [0, 0.05) is 32.7 Å². The van der Waals surface area contributed by atoms with Gasteiger partial charge in [0.1, 0.15) is 0 Å². The molecular weight excluding hydrogens is 328 g/mol. The molecule has 0 amide bonds. The Bertz CT molecular complexity index is 571. The number of aliphatic imine (C=N–C) groups is 1. The number of nitrogens with one attached hydrogen (secondary N) is 1. The number of benzene rings is 1. The van der Waals surface area contributed by atoms with Crippen LogP contribution in [0.2, 0.25) is 5.02 Å². The van der Waals surface area contributed by atoms with Crippen LogP contribution in [0.4, 0.5) is 5.69 Å². The molecule has 0 radical (unpaired) electrons. The number of para-hydroxylation sites is 1. The van der Waals surface area contributed by atoms with Crippen LogP contribution in [0.5, 0.6) is 0 Å². The average Bonchev–Trinajstić information content (AvgIpc) is 2.61. The van der Waals surface area contributed by atoms with Crippen LogP contribution in [0.1, 0.15) is 13.3 Å². The second kappa shape index (κ2) is 9.37. The predicted octanol–water partition coefficient (Wildman–Crippen LogP) is 1.99. The van der Waals surface area contributed by atoms with Crippen LogP contribution in [0, 0.1) is 0 Å². The van der Waals surface area contributed by atoms with Gasteiger partial charge in [-0.15, -0.1) is 0 Å². The summed E-state index contributed by atoms with van der Waals surface area (Å²) < 4.78 is 4.65. The molecule has 0 atom stereocenters. The highest BCUT2D eigenvalue weighted by Crippen LogP contribution is 2.25. The molecule has 1 aliphatic rings. The summed E-state index contributed by atoms with van der Waals surface area (Å²) in [7, 11) is 1.39. The topological polar surface area (TPSA) is 57.2 Å². The number of piperazine rings is 1. The van der Waals surface area contributed by atoms with E-state index < -0.39 is 0 Å². The third kappa shape index (κ3) is 5.03. The molecule has 1 saturated heterocycles. The fourth-order valence-electron chi connectivity index (χ4n) is 2.65. The summed E-state index contributed by atoms with van der Waals surface area (Å²) in [4.78, 5) is 20.2. The van der Waals surface area contributed by atoms with E-state index >= 15 is 0 Å². The molecule has 0 aromatic heterocycles. The van der Waals surface area contributed by atoms with E-state index in [9.17, 15) is 4.79 Å². The number of anilines is 1. The zero-order chi connectivity index (χ0) is 17.4. The van der Waals surface area contributed by atoms with E-state index in [2.05, 4.69) is 24.8 Å². The lowest BCUT2D eigenvalue weighted by Gasteiger charge is -2.38. The van der Waals surface area contributed by atoms with E-state index in [1.54, 1.807) is 0 Å². The number of esters is 1. The zero-order valence-electron chi connectivity index (χ0n) is 14.3. The summed E-state index contributed by atoms with van der Waals surface area (Å²) in [5.74, 6) is 0.610. The summed E-state index contributed by atoms with van der Waals surface area (Å²) >= 11 is 6.28. The lowest BCUT2D eigenvalue weighted by atomic mass is 10.2. The number of carbonyl (C=O) groups excluding carboxylic acids is 1. The molecule has 1 aliphatic heterocycles. The fourth-order valence-corrected chi connectivity index (χ4v) is 2.90. The van der Waals surface area contributed by atoms with Crippen molar-refractivity contribution in [3.63, 3.8) is 0 Å². The number of methoxy groups -OCH3 is 1. The van der Waals surface area contributed by atoms with Crippen LogP contribution in [-0.4, -0.2) is 63.2 Å². The van der Waals surface area contributed by atoms with Gasteiger partial charge in [0.2, 0.25) is 0 Å². The first-order valence-corrected chi connectivity index (χ1v) is 8.63. The van der Waals surface area contributed by atoms with Crippen LogP contribution in [0.15, 0.2) is 29.3 Å². The molecule has 1 fully saturated rings. The van der Waals surface area contributed by atoms with Gasteiger partial charge in [0.15, 0.2) is 5.96 Å². The molecule has 1 heterocycles. The van der Waals surface area contributed by atoms with Crippen molar-refractivity contribution in [3.8, 4) is 0 Å². The number of guanidine groups is 1. The summed E-state index contributed by atoms with van der Waals surface area (Å²) in [5.41, 5.74) is 1.08. The van der Waals surface area contributed by atoms with Crippen molar-refractivity contribution in [3.05, 3.63) is 29.3 Å². The van der Waals surface area contributed by atoms with Crippen molar-refractivity contribution >= 4 is 29.2 Å². The molecule has 1 aromatic rings. The van der Waals surface area contributed by atoms with Gasteiger partial charge in [-0.05, 0) is 19.1 Å². The molecule has 6 nitrogen and oxygen atoms in total. The predicted molar refractivity (Wildman–Crippen MR) is 97.8 cm³/mol. The van der Waals surface area contributed by atoms with E-state index in [-0.39, 0.29) is 5.97 Å². The van der Waals surface area contributed by atoms with E-state index in [1.165, 1.54) is 7.11 Å². The quantitative estimate of drug-likeness (QED) is 0.499. The first-order valence-electron chi connectivity index (χ1n) is 8.25. The minimum Gasteiger partial charge on any atom is -0.469 e. The van der Waals surface area contributed by atoms with Gasteiger partial charge in [-0.2, -0.15) is 0 Å². The highest BCUT2D eigenvalue weighted by Gasteiger charge is 2.21. The number of hydrogen-bond donors (Lipinski definition) is 1. The molecule has 7 heteroatoms. The Hall–Kier alpha value is -1.95. The second-order valence-corrected chi connectivity index (χ2v) is 5.89. The maximum absolute atomic E-state index is 11.2. The lowest BCUT2D eigenvalue weighted by molar-refractivity contribution is -0.140. The molecular formula is C17H25ClN4O2. The van der Waals surface area contributed by atoms with Crippen LogP contribution >= 0.6 is 11.6 Å². The third-order valence-corrected chi connectivity index (χ3v) is 4.23. The van der Waals surface area contributed by atoms with Crippen molar-refractivity contribution in [2.75, 3.05) is 51.3 Å². The number of ether oxygens (including phenoxy) is 1. The normalized spacial score (nSPS) is 15.4. The van der Waals surface area contributed by atoms with E-state index in [4.69, 9.17) is 11.6 Å². The largest absolute Gasteiger partial charge is 0.469 e. The first kappa shape index (κ1) is 18.4. The molecule has 1 N–H and O–H groups in total. The molecule has 0 spiro atoms. The molecule has 0 unspecified atom stereocenters. The molecule has 132 valence electrons. The minimum atomic E-state index is -0.238. The summed E-state index contributed by atoms with van der Waals surface area (Å²) in [6, 6.07) is 7.92. The molecule has 0 bridgehead atoms. The van der Waals surface area contributed by atoms with Crippen molar-refractivity contribution < 1.29 is 9.53 Å². The Morgan fingerprint density at radius 3 is 2.62 bits per heavy atom. The SMILES string of the molecule is CCNC(=NCCC(=O)OC)N1CCN(c2ccccc2Cl)CC1. The van der Waals surface area contributed by atoms with Crippen molar-refractivity contribution in [2.24, 2.45) is 4.99 Å². The van der Waals surface area contributed by atoms with Crippen LogP contribution in [-0.2, 0) is 9.53 Å². The standard InChI is InChI=1S/C17H25ClN4O2/c1-3-19-17(20-9-8-16(23)24-2)22-12-10-21(11-13-22)15-7-5-4-6-14(15)18/h4-7H,3,8-13H2,1-2H3,(H,19,20). The smallest absolute Gasteiger partial charge is 0.307 e. The number of hydrogen-bond acceptors (Lipinski definition) is 4. The molecule has 1 aromatic carbocycles. The first-order chi connectivity index (χ1) is 11.7. The maximum Gasteiger partial charge on any atom is 0.307 e. The van der Waals surface area contributed by atoms with Gasteiger partial charge in [0.05, 0.1) is 30.8 Å². The van der Waals surface area contributed by atoms with E-state index in [0.717, 1.165) is 49.4 Å². The highest BCUT2D eigenvalue weighted by molar-refractivity contribution is 6.33. The van der Waals surface area contributed by atoms with Crippen molar-refractivity contribution in [2.45, 2.75) is 13.3 Å². The van der Waals surface area contributed by atoms with Crippen molar-refractivity contribution in [1.29, 1.82) is 0 Å². The van der Waals surface area contributed by atoms with Gasteiger partial charge in [0.25, 0.3) is 0 Å². The van der Waals surface area contributed by atoms with Gasteiger partial charge < -0.3 is 19.9 Å². The van der Waals surface area contributed by atoms with E-state index in [1.807, 2.05) is 31.2 Å². The number of rotatable bonds is 5. The van der Waals surface area contributed by atoms with Crippen molar-refractivity contribution in [1.82, 2.24) is 10.2 Å². The van der Waals surface area contributed by atoms with Gasteiger partial charge in [-0.1, -0.05) is 23.7 Å². The summed E-state index contributed by atoms with van der Waals surface area (Å²) in [5, 5.41) is 4.07. The summed E-state index contributed by atoms with van der Waals surface area (Å²) in [6.45, 7) is 6.73. The van der Waals surface area contributed by atoms with E-state index in [0.29, 0.717) is 13.0 Å². The minimum absolute atomic E-state index is 0.238. The second-order valence-electron chi connectivity index (χ2n) is 5.49. The molecule has 2 rings (SSSR count). The Labute approximate surface area is 148 Å². The van der Waals surface area contributed by atoms with Gasteiger partial charge in [-0.3, -0.25) is 9.79 Å². The monoisotopic (exact) mass is 352 g/mol. The Kier molecular flexibility index (Phi) is 7.18. The van der Waals surface area contributed by atoms with Gasteiger partial charge >= 0.3 is 5.97 Å². The zero-order valence-corrected chi connectivity index (χ0v) is 15.1. The molecule has 24 heavy (non-hydrogen) atoms. The fraction of sp³-hybridized carbons (Fsp3) is 0.529. The van der Waals surface area contributed by atoms with Crippen LogP contribution in [0.25, 0.3) is 0 Å².